The van der Waals surface area contributed by atoms with Crippen LogP contribution in [0.25, 0.3) is 0 Å². The number of nitrogens with zero attached hydrogens (tertiary/aromatic N) is 4. The van der Waals surface area contributed by atoms with Gasteiger partial charge in [0.2, 0.25) is 5.91 Å². The third kappa shape index (κ3) is 5.28. The first-order valence-electron chi connectivity index (χ1n) is 10.1. The molecule has 1 aromatic carbocycles. The van der Waals surface area contributed by atoms with Crippen molar-refractivity contribution in [3.8, 4) is 0 Å². The zero-order chi connectivity index (χ0) is 21.0. The Kier molecular flexibility index (Phi) is 7.14. The summed E-state index contributed by atoms with van der Waals surface area (Å²) >= 11 is 1.50. The molecule has 2 aromatic rings. The van der Waals surface area contributed by atoms with Crippen LogP contribution in [0.1, 0.15) is 42.8 Å². The Hall–Kier alpha value is -2.12. The summed E-state index contributed by atoms with van der Waals surface area (Å²) in [5.41, 5.74) is 5.25. The summed E-state index contributed by atoms with van der Waals surface area (Å²) in [6.07, 6.45) is 1.00. The molecule has 2 heterocycles. The van der Waals surface area contributed by atoms with E-state index >= 15 is 0 Å². The van der Waals surface area contributed by atoms with Crippen LogP contribution in [0.5, 0.6) is 0 Å². The monoisotopic (exact) mass is 414 g/mol. The summed E-state index contributed by atoms with van der Waals surface area (Å²) in [6.45, 7) is 12.2. The van der Waals surface area contributed by atoms with E-state index in [-0.39, 0.29) is 12.0 Å². The molecule has 29 heavy (non-hydrogen) atoms. The molecule has 1 aliphatic heterocycles. The van der Waals surface area contributed by atoms with Gasteiger partial charge in [0.05, 0.1) is 29.8 Å². The molecule has 0 saturated carbocycles. The molecule has 1 saturated heterocycles. The first kappa shape index (κ1) is 21.6. The van der Waals surface area contributed by atoms with Gasteiger partial charge in [-0.05, 0) is 52.2 Å². The Labute approximate surface area is 177 Å². The van der Waals surface area contributed by atoms with E-state index in [1.807, 2.05) is 38.4 Å². The highest BCUT2D eigenvalue weighted by Gasteiger charge is 2.28. The van der Waals surface area contributed by atoms with Crippen molar-refractivity contribution in [1.82, 2.24) is 14.7 Å². The Morgan fingerprint density at radius 2 is 2.00 bits per heavy atom. The van der Waals surface area contributed by atoms with E-state index in [2.05, 4.69) is 25.1 Å². The zero-order valence-corrected chi connectivity index (χ0v) is 18.8. The smallest absolute Gasteiger partial charge is 0.239 e. The van der Waals surface area contributed by atoms with Gasteiger partial charge in [-0.15, -0.1) is 0 Å². The molecule has 1 aromatic heterocycles. The topological polar surface area (TPSA) is 59.7 Å². The molecule has 0 bridgehead atoms. The van der Waals surface area contributed by atoms with Crippen molar-refractivity contribution >= 4 is 28.5 Å². The van der Waals surface area contributed by atoms with E-state index in [0.717, 1.165) is 28.7 Å². The van der Waals surface area contributed by atoms with Gasteiger partial charge in [-0.25, -0.2) is 4.99 Å². The van der Waals surface area contributed by atoms with Crippen LogP contribution >= 0.6 is 11.8 Å². The number of rotatable bonds is 8. The van der Waals surface area contributed by atoms with Gasteiger partial charge < -0.3 is 4.74 Å². The van der Waals surface area contributed by atoms with Gasteiger partial charge in [-0.1, -0.05) is 36.0 Å². The number of aromatic nitrogens is 2. The number of carbonyl (C=O) groups is 1. The van der Waals surface area contributed by atoms with Crippen LogP contribution in [0.2, 0.25) is 0 Å². The van der Waals surface area contributed by atoms with Gasteiger partial charge >= 0.3 is 0 Å². The number of amidine groups is 1. The summed E-state index contributed by atoms with van der Waals surface area (Å²) in [7, 11) is 0. The van der Waals surface area contributed by atoms with E-state index in [0.29, 0.717) is 25.4 Å². The normalized spacial score (nSPS) is 15.9. The zero-order valence-electron chi connectivity index (χ0n) is 17.9. The van der Waals surface area contributed by atoms with E-state index < -0.39 is 0 Å². The molecular formula is C22H30N4O2S. The lowest BCUT2D eigenvalue weighted by atomic mass is 10.1. The Morgan fingerprint density at radius 1 is 1.24 bits per heavy atom. The number of hydrogen-bond donors (Lipinski definition) is 0. The Bertz CT molecular complexity index is 904. The number of aliphatic imine (C=N–C) groups is 1. The summed E-state index contributed by atoms with van der Waals surface area (Å²) in [4.78, 5) is 19.0. The average Bonchev–Trinajstić information content (AvgIpc) is 3.15. The van der Waals surface area contributed by atoms with E-state index in [4.69, 9.17) is 14.8 Å². The van der Waals surface area contributed by atoms with Crippen LogP contribution in [-0.4, -0.2) is 50.8 Å². The predicted molar refractivity (Wildman–Crippen MR) is 119 cm³/mol. The number of benzene rings is 1. The second-order valence-electron chi connectivity index (χ2n) is 7.61. The van der Waals surface area contributed by atoms with Crippen molar-refractivity contribution in [2.24, 2.45) is 4.99 Å². The lowest BCUT2D eigenvalue weighted by molar-refractivity contribution is -0.124. The SMILES string of the molecule is Cc1ccccc1Cn1nc(C)c(N=C2SCC(=O)N2CCCOC(C)C)c1C. The summed E-state index contributed by atoms with van der Waals surface area (Å²) in [5.74, 6) is 0.556. The van der Waals surface area contributed by atoms with Gasteiger partial charge in [-0.2, -0.15) is 5.10 Å². The summed E-state index contributed by atoms with van der Waals surface area (Å²) < 4.78 is 7.60. The molecule has 0 unspecified atom stereocenters. The van der Waals surface area contributed by atoms with Crippen molar-refractivity contribution in [3.05, 3.63) is 46.8 Å². The number of ether oxygens (including phenoxy) is 1. The summed E-state index contributed by atoms with van der Waals surface area (Å²) in [6, 6.07) is 8.34. The Balaban J connectivity index is 1.77. The lowest BCUT2D eigenvalue weighted by Crippen LogP contribution is -2.31. The van der Waals surface area contributed by atoms with Gasteiger partial charge in [0, 0.05) is 13.2 Å². The number of thioether (sulfide) groups is 1. The maximum Gasteiger partial charge on any atom is 0.239 e. The molecule has 6 nitrogen and oxygen atoms in total. The third-order valence-corrected chi connectivity index (χ3v) is 5.93. The number of carbonyl (C=O) groups excluding carboxylic acids is 1. The van der Waals surface area contributed by atoms with Crippen LogP contribution in [0.3, 0.4) is 0 Å². The van der Waals surface area contributed by atoms with E-state index in [9.17, 15) is 4.79 Å². The molecule has 156 valence electrons. The molecule has 0 aliphatic carbocycles. The van der Waals surface area contributed by atoms with Crippen LogP contribution < -0.4 is 0 Å². The van der Waals surface area contributed by atoms with Crippen LogP contribution in [-0.2, 0) is 16.1 Å². The fourth-order valence-electron chi connectivity index (χ4n) is 3.29. The van der Waals surface area contributed by atoms with Crippen molar-refractivity contribution in [1.29, 1.82) is 0 Å². The van der Waals surface area contributed by atoms with Crippen molar-refractivity contribution in [2.75, 3.05) is 18.9 Å². The minimum Gasteiger partial charge on any atom is -0.379 e. The standard InChI is InChI=1S/C22H30N4O2S/c1-15(2)28-12-8-11-25-20(27)14-29-22(25)23-21-17(4)24-26(18(21)5)13-19-10-7-6-9-16(19)3/h6-7,9-10,15H,8,11-14H2,1-5H3. The Morgan fingerprint density at radius 3 is 2.72 bits per heavy atom. The van der Waals surface area contributed by atoms with Crippen molar-refractivity contribution in [2.45, 2.75) is 53.7 Å². The summed E-state index contributed by atoms with van der Waals surface area (Å²) in [5, 5.41) is 5.47. The van der Waals surface area contributed by atoms with Gasteiger partial charge in [0.15, 0.2) is 5.17 Å². The number of hydrogen-bond acceptors (Lipinski definition) is 5. The minimum absolute atomic E-state index is 0.112. The highest BCUT2D eigenvalue weighted by atomic mass is 32.2. The van der Waals surface area contributed by atoms with Crippen molar-refractivity contribution < 1.29 is 9.53 Å². The fourth-order valence-corrected chi connectivity index (χ4v) is 4.20. The van der Waals surface area contributed by atoms with Crippen molar-refractivity contribution in [3.63, 3.8) is 0 Å². The highest BCUT2D eigenvalue weighted by molar-refractivity contribution is 8.15. The first-order valence-corrected chi connectivity index (χ1v) is 11.1. The quantitative estimate of drug-likeness (QED) is 0.607. The molecule has 0 N–H and O–H groups in total. The second kappa shape index (κ2) is 9.59. The highest BCUT2D eigenvalue weighted by Crippen LogP contribution is 2.29. The molecule has 7 heteroatoms. The van der Waals surface area contributed by atoms with Crippen LogP contribution in [0.4, 0.5) is 5.69 Å². The third-order valence-electron chi connectivity index (χ3n) is 4.97. The van der Waals surface area contributed by atoms with E-state index in [1.54, 1.807) is 4.90 Å². The number of aryl methyl sites for hydroxylation is 2. The maximum absolute atomic E-state index is 12.3. The molecule has 1 fully saturated rings. The average molecular weight is 415 g/mol. The van der Waals surface area contributed by atoms with Crippen LogP contribution in [0.15, 0.2) is 29.3 Å². The maximum atomic E-state index is 12.3. The molecule has 1 amide bonds. The fraction of sp³-hybridized carbons (Fsp3) is 0.500. The molecule has 0 atom stereocenters. The predicted octanol–water partition coefficient (Wildman–Crippen LogP) is 4.23. The minimum atomic E-state index is 0.112. The molecule has 0 radical (unpaired) electrons. The van der Waals surface area contributed by atoms with Gasteiger partial charge in [0.1, 0.15) is 5.69 Å². The molecule has 1 aliphatic rings. The van der Waals surface area contributed by atoms with Crippen LogP contribution in [0, 0.1) is 20.8 Å². The lowest BCUT2D eigenvalue weighted by Gasteiger charge is -2.16. The molecule has 3 rings (SSSR count). The second-order valence-corrected chi connectivity index (χ2v) is 8.55. The first-order chi connectivity index (χ1) is 13.9. The van der Waals surface area contributed by atoms with Gasteiger partial charge in [0.25, 0.3) is 0 Å². The van der Waals surface area contributed by atoms with E-state index in [1.165, 1.54) is 22.9 Å². The van der Waals surface area contributed by atoms with Gasteiger partial charge in [-0.3, -0.25) is 14.4 Å². The molecule has 0 spiro atoms. The number of amides is 1. The molecular weight excluding hydrogens is 384 g/mol. The largest absolute Gasteiger partial charge is 0.379 e.